The summed E-state index contributed by atoms with van der Waals surface area (Å²) in [5.74, 6) is -0.182. The first kappa shape index (κ1) is 23.6. The largest absolute Gasteiger partial charge is 0.325 e. The van der Waals surface area contributed by atoms with Gasteiger partial charge in [-0.25, -0.2) is 9.80 Å². The topological polar surface area (TPSA) is 77.9 Å². The summed E-state index contributed by atoms with van der Waals surface area (Å²) in [6.45, 7) is 3.92. The van der Waals surface area contributed by atoms with E-state index in [2.05, 4.69) is 26.2 Å². The van der Waals surface area contributed by atoms with Gasteiger partial charge in [0, 0.05) is 41.4 Å². The molecule has 1 aliphatic heterocycles. The summed E-state index contributed by atoms with van der Waals surface area (Å²) in [7, 11) is 1.76. The molecule has 2 heterocycles. The van der Waals surface area contributed by atoms with Crippen molar-refractivity contribution in [2.45, 2.75) is 32.4 Å². The molecule has 174 valence electrons. The lowest BCUT2D eigenvalue weighted by molar-refractivity contribution is 0.0708. The molecule has 0 bridgehead atoms. The van der Waals surface area contributed by atoms with Crippen LogP contribution in [0.2, 0.25) is 0 Å². The van der Waals surface area contributed by atoms with Crippen LogP contribution in [0.5, 0.6) is 0 Å². The van der Waals surface area contributed by atoms with E-state index in [1.807, 2.05) is 68.4 Å². The van der Waals surface area contributed by atoms with E-state index >= 15 is 0 Å². The van der Waals surface area contributed by atoms with Gasteiger partial charge in [0.15, 0.2) is 0 Å². The number of anilines is 1. The van der Waals surface area contributed by atoms with Crippen molar-refractivity contribution in [3.63, 3.8) is 0 Å². The highest BCUT2D eigenvalue weighted by Gasteiger charge is 2.34. The first-order chi connectivity index (χ1) is 16.3. The third kappa shape index (κ3) is 5.17. The second kappa shape index (κ2) is 10.2. The fourth-order valence-corrected chi connectivity index (χ4v) is 3.86. The summed E-state index contributed by atoms with van der Waals surface area (Å²) in [4.78, 5) is 31.8. The predicted octanol–water partition coefficient (Wildman–Crippen LogP) is 5.71. The normalized spacial score (nSPS) is 15.3. The lowest BCUT2D eigenvalue weighted by Gasteiger charge is -2.21. The van der Waals surface area contributed by atoms with E-state index in [4.69, 9.17) is 5.10 Å². The standard InChI is InChI=1S/C26H26BrN5O2/c1-17(2)31(3)26(34)29-21-13-9-18(10-14-21)23-16-24(22-6-4-5-15-28-22)32(30-23)25(33)19-7-11-20(27)12-8-19/h4-15,17,24H,16H2,1-3H3,(H,29,34). The number of hydrazone groups is 1. The zero-order chi connectivity index (χ0) is 24.2. The smallest absolute Gasteiger partial charge is 0.321 e. The van der Waals surface area contributed by atoms with E-state index in [1.165, 1.54) is 5.01 Å². The fraction of sp³-hybridized carbons (Fsp3) is 0.231. The van der Waals surface area contributed by atoms with Crippen molar-refractivity contribution < 1.29 is 9.59 Å². The minimum atomic E-state index is -0.300. The van der Waals surface area contributed by atoms with Gasteiger partial charge in [0.05, 0.1) is 11.4 Å². The Bertz CT molecular complexity index is 1190. The number of carbonyl (C=O) groups excluding carboxylic acids is 2. The molecule has 0 spiro atoms. The Morgan fingerprint density at radius 1 is 1.06 bits per heavy atom. The van der Waals surface area contributed by atoms with Crippen molar-refractivity contribution in [3.8, 4) is 0 Å². The monoisotopic (exact) mass is 519 g/mol. The summed E-state index contributed by atoms with van der Waals surface area (Å²) in [5, 5.41) is 9.13. The van der Waals surface area contributed by atoms with Gasteiger partial charge in [-0.05, 0) is 67.9 Å². The van der Waals surface area contributed by atoms with Crippen molar-refractivity contribution in [1.82, 2.24) is 14.9 Å². The summed E-state index contributed by atoms with van der Waals surface area (Å²) < 4.78 is 0.905. The number of pyridine rings is 1. The van der Waals surface area contributed by atoms with Gasteiger partial charge >= 0.3 is 6.03 Å². The molecule has 7 nitrogen and oxygen atoms in total. The number of hydrogen-bond donors (Lipinski definition) is 1. The Kier molecular flexibility index (Phi) is 7.07. The molecule has 34 heavy (non-hydrogen) atoms. The number of amides is 3. The van der Waals surface area contributed by atoms with E-state index in [0.29, 0.717) is 17.7 Å². The van der Waals surface area contributed by atoms with Gasteiger partial charge in [-0.1, -0.05) is 34.1 Å². The molecule has 1 unspecified atom stereocenters. The Labute approximate surface area is 207 Å². The Hall–Kier alpha value is -3.52. The maximum Gasteiger partial charge on any atom is 0.321 e. The number of rotatable bonds is 5. The number of nitrogens with zero attached hydrogens (tertiary/aromatic N) is 4. The quantitative estimate of drug-likeness (QED) is 0.468. The summed E-state index contributed by atoms with van der Waals surface area (Å²) in [6.07, 6.45) is 2.27. The maximum absolute atomic E-state index is 13.3. The SMILES string of the molecule is CC(C)N(C)C(=O)Nc1ccc(C2=NN(C(=O)c3ccc(Br)cc3)C(c3ccccn3)C2)cc1. The van der Waals surface area contributed by atoms with E-state index in [0.717, 1.165) is 21.4 Å². The molecule has 0 saturated carbocycles. The van der Waals surface area contributed by atoms with E-state index < -0.39 is 0 Å². The number of urea groups is 1. The van der Waals surface area contributed by atoms with Crippen LogP contribution in [0.25, 0.3) is 0 Å². The van der Waals surface area contributed by atoms with Gasteiger partial charge in [0.1, 0.15) is 6.04 Å². The molecular formula is C26H26BrN5O2. The van der Waals surface area contributed by atoms with Crippen molar-refractivity contribution in [2.24, 2.45) is 5.10 Å². The fourth-order valence-electron chi connectivity index (χ4n) is 3.59. The van der Waals surface area contributed by atoms with Crippen LogP contribution in [0.4, 0.5) is 10.5 Å². The first-order valence-corrected chi connectivity index (χ1v) is 11.8. The van der Waals surface area contributed by atoms with Crippen LogP contribution in [0, 0.1) is 0 Å². The van der Waals surface area contributed by atoms with Gasteiger partial charge < -0.3 is 10.2 Å². The lowest BCUT2D eigenvalue weighted by atomic mass is 10.0. The van der Waals surface area contributed by atoms with Gasteiger partial charge in [0.25, 0.3) is 5.91 Å². The number of nitrogens with one attached hydrogen (secondary N) is 1. The van der Waals surface area contributed by atoms with Crippen LogP contribution in [0.15, 0.2) is 82.5 Å². The molecule has 2 aromatic carbocycles. The summed E-state index contributed by atoms with van der Waals surface area (Å²) in [6, 6.07) is 20.1. The van der Waals surface area contributed by atoms with Crippen LogP contribution in [0.1, 0.15) is 47.9 Å². The van der Waals surface area contributed by atoms with Gasteiger partial charge in [0.2, 0.25) is 0 Å². The molecule has 1 aromatic heterocycles. The van der Waals surface area contributed by atoms with E-state index in [1.54, 1.807) is 30.3 Å². The number of benzene rings is 2. The summed E-state index contributed by atoms with van der Waals surface area (Å²) in [5.41, 5.74) is 3.72. The average Bonchev–Trinajstić information content (AvgIpc) is 3.30. The van der Waals surface area contributed by atoms with Gasteiger partial charge in [-0.2, -0.15) is 5.10 Å². The molecule has 0 saturated heterocycles. The molecule has 1 N–H and O–H groups in total. The molecular weight excluding hydrogens is 494 g/mol. The molecule has 4 rings (SSSR count). The highest BCUT2D eigenvalue weighted by atomic mass is 79.9. The van der Waals surface area contributed by atoms with Crippen LogP contribution in [0.3, 0.4) is 0 Å². The van der Waals surface area contributed by atoms with Gasteiger partial charge in [-0.15, -0.1) is 0 Å². The van der Waals surface area contributed by atoms with Crippen molar-refractivity contribution in [1.29, 1.82) is 0 Å². The van der Waals surface area contributed by atoms with Crippen molar-refractivity contribution in [2.75, 3.05) is 12.4 Å². The highest BCUT2D eigenvalue weighted by molar-refractivity contribution is 9.10. The number of halogens is 1. The average molecular weight is 520 g/mol. The third-order valence-corrected chi connectivity index (χ3v) is 6.33. The third-order valence-electron chi connectivity index (χ3n) is 5.80. The Morgan fingerprint density at radius 3 is 2.38 bits per heavy atom. The van der Waals surface area contributed by atoms with Crippen LogP contribution in [-0.2, 0) is 0 Å². The van der Waals surface area contributed by atoms with Crippen molar-refractivity contribution >= 4 is 39.3 Å². The number of hydrogen-bond acceptors (Lipinski definition) is 4. The second-order valence-corrected chi connectivity index (χ2v) is 9.31. The minimum Gasteiger partial charge on any atom is -0.325 e. The second-order valence-electron chi connectivity index (χ2n) is 8.39. The van der Waals surface area contributed by atoms with E-state index in [9.17, 15) is 9.59 Å². The molecule has 3 amide bonds. The maximum atomic E-state index is 13.3. The first-order valence-electron chi connectivity index (χ1n) is 11.1. The highest BCUT2D eigenvalue weighted by Crippen LogP contribution is 2.33. The lowest BCUT2D eigenvalue weighted by Crippen LogP contribution is -2.36. The van der Waals surface area contributed by atoms with Crippen LogP contribution >= 0.6 is 15.9 Å². The van der Waals surface area contributed by atoms with Crippen molar-refractivity contribution in [3.05, 3.63) is 94.2 Å². The minimum absolute atomic E-state index is 0.102. The Balaban J connectivity index is 1.59. The predicted molar refractivity (Wildman–Crippen MR) is 137 cm³/mol. The van der Waals surface area contributed by atoms with Crippen LogP contribution < -0.4 is 5.32 Å². The zero-order valence-electron chi connectivity index (χ0n) is 19.3. The Morgan fingerprint density at radius 2 is 1.76 bits per heavy atom. The molecule has 1 aliphatic rings. The zero-order valence-corrected chi connectivity index (χ0v) is 20.9. The molecule has 1 atom stereocenters. The molecule has 0 fully saturated rings. The number of carbonyl (C=O) groups is 2. The van der Waals surface area contributed by atoms with Crippen LogP contribution in [-0.4, -0.2) is 45.6 Å². The molecule has 0 radical (unpaired) electrons. The molecule has 8 heteroatoms. The summed E-state index contributed by atoms with van der Waals surface area (Å²) >= 11 is 3.41. The molecule has 0 aliphatic carbocycles. The van der Waals surface area contributed by atoms with Gasteiger partial charge in [-0.3, -0.25) is 9.78 Å². The number of aromatic nitrogens is 1. The molecule has 3 aromatic rings. The van der Waals surface area contributed by atoms with E-state index in [-0.39, 0.29) is 24.0 Å².